The van der Waals surface area contributed by atoms with E-state index < -0.39 is 0 Å². The van der Waals surface area contributed by atoms with Crippen LogP contribution in [0.1, 0.15) is 30.0 Å². The third kappa shape index (κ3) is 3.22. The van der Waals surface area contributed by atoms with Crippen LogP contribution in [-0.4, -0.2) is 13.7 Å². The maximum absolute atomic E-state index is 6.04. The van der Waals surface area contributed by atoms with Crippen LogP contribution in [0.2, 0.25) is 0 Å². The van der Waals surface area contributed by atoms with E-state index in [1.807, 2.05) is 19.1 Å². The van der Waals surface area contributed by atoms with E-state index in [9.17, 15) is 0 Å². The van der Waals surface area contributed by atoms with Crippen molar-refractivity contribution in [2.24, 2.45) is 11.5 Å². The van der Waals surface area contributed by atoms with Crippen molar-refractivity contribution in [2.45, 2.75) is 25.8 Å². The molecule has 0 unspecified atom stereocenters. The highest BCUT2D eigenvalue weighted by atomic mass is 16.5. The van der Waals surface area contributed by atoms with Crippen LogP contribution in [-0.2, 0) is 0 Å². The van der Waals surface area contributed by atoms with Crippen molar-refractivity contribution in [1.82, 2.24) is 0 Å². The van der Waals surface area contributed by atoms with Gasteiger partial charge in [-0.2, -0.15) is 0 Å². The van der Waals surface area contributed by atoms with E-state index in [1.54, 1.807) is 7.11 Å². The van der Waals surface area contributed by atoms with Crippen molar-refractivity contribution in [1.29, 1.82) is 0 Å². The van der Waals surface area contributed by atoms with Crippen LogP contribution in [0.5, 0.6) is 5.75 Å². The Kier molecular flexibility index (Phi) is 4.59. The molecule has 3 heteroatoms. The van der Waals surface area contributed by atoms with Crippen LogP contribution in [0, 0.1) is 6.92 Å². The molecule has 1 aromatic rings. The van der Waals surface area contributed by atoms with E-state index in [0.29, 0.717) is 6.54 Å². The largest absolute Gasteiger partial charge is 0.496 e. The standard InChI is InChI=1S/C12H20N2O/c1-9-5-6-10(8-12(9)15-2)11(14)4-3-7-13/h5-6,8,11H,3-4,7,13-14H2,1-2H3/t11-/m0/s1. The van der Waals surface area contributed by atoms with Gasteiger partial charge in [-0.05, 0) is 43.5 Å². The maximum atomic E-state index is 6.04. The van der Waals surface area contributed by atoms with Gasteiger partial charge < -0.3 is 16.2 Å². The summed E-state index contributed by atoms with van der Waals surface area (Å²) < 4.78 is 5.26. The second kappa shape index (κ2) is 5.73. The van der Waals surface area contributed by atoms with Gasteiger partial charge in [-0.15, -0.1) is 0 Å². The summed E-state index contributed by atoms with van der Waals surface area (Å²) in [5.74, 6) is 0.899. The van der Waals surface area contributed by atoms with Gasteiger partial charge in [0.1, 0.15) is 5.75 Å². The van der Waals surface area contributed by atoms with Gasteiger partial charge in [-0.25, -0.2) is 0 Å². The molecule has 3 nitrogen and oxygen atoms in total. The predicted octanol–water partition coefficient (Wildman–Crippen LogP) is 1.74. The lowest BCUT2D eigenvalue weighted by Crippen LogP contribution is -2.12. The number of benzene rings is 1. The van der Waals surface area contributed by atoms with Crippen LogP contribution in [0.25, 0.3) is 0 Å². The van der Waals surface area contributed by atoms with Gasteiger partial charge >= 0.3 is 0 Å². The van der Waals surface area contributed by atoms with Crippen molar-refractivity contribution in [3.8, 4) is 5.75 Å². The van der Waals surface area contributed by atoms with E-state index in [1.165, 1.54) is 0 Å². The summed E-state index contributed by atoms with van der Waals surface area (Å²) in [6.45, 7) is 2.71. The molecule has 1 atom stereocenters. The summed E-state index contributed by atoms with van der Waals surface area (Å²) >= 11 is 0. The third-order valence-electron chi connectivity index (χ3n) is 2.58. The lowest BCUT2D eigenvalue weighted by Gasteiger charge is -2.13. The lowest BCUT2D eigenvalue weighted by molar-refractivity contribution is 0.410. The smallest absolute Gasteiger partial charge is 0.122 e. The van der Waals surface area contributed by atoms with Gasteiger partial charge in [-0.3, -0.25) is 0 Å². The third-order valence-corrected chi connectivity index (χ3v) is 2.58. The van der Waals surface area contributed by atoms with E-state index in [-0.39, 0.29) is 6.04 Å². The summed E-state index contributed by atoms with van der Waals surface area (Å²) in [5, 5.41) is 0. The van der Waals surface area contributed by atoms with E-state index in [4.69, 9.17) is 16.2 Å². The van der Waals surface area contributed by atoms with E-state index in [2.05, 4.69) is 6.07 Å². The number of aryl methyl sites for hydroxylation is 1. The lowest BCUT2D eigenvalue weighted by atomic mass is 10.0. The molecule has 0 amide bonds. The monoisotopic (exact) mass is 208 g/mol. The Morgan fingerprint density at radius 2 is 2.13 bits per heavy atom. The molecule has 1 aromatic carbocycles. The molecule has 0 fully saturated rings. The molecule has 0 radical (unpaired) electrons. The topological polar surface area (TPSA) is 61.3 Å². The van der Waals surface area contributed by atoms with Gasteiger partial charge in [0.05, 0.1) is 7.11 Å². The van der Waals surface area contributed by atoms with Crippen LogP contribution in [0.3, 0.4) is 0 Å². The molecule has 84 valence electrons. The molecule has 4 N–H and O–H groups in total. The fourth-order valence-corrected chi connectivity index (χ4v) is 1.57. The SMILES string of the molecule is COc1cc([C@@H](N)CCCN)ccc1C. The number of rotatable bonds is 5. The van der Waals surface area contributed by atoms with E-state index >= 15 is 0 Å². The Hall–Kier alpha value is -1.06. The van der Waals surface area contributed by atoms with Gasteiger partial charge in [0.25, 0.3) is 0 Å². The second-order valence-electron chi connectivity index (χ2n) is 3.77. The summed E-state index contributed by atoms with van der Waals surface area (Å²) in [4.78, 5) is 0. The first-order valence-corrected chi connectivity index (χ1v) is 5.29. The minimum absolute atomic E-state index is 0.0584. The zero-order valence-electron chi connectivity index (χ0n) is 9.49. The van der Waals surface area contributed by atoms with Crippen molar-refractivity contribution in [3.05, 3.63) is 29.3 Å². The minimum atomic E-state index is 0.0584. The molecule has 0 aromatic heterocycles. The highest BCUT2D eigenvalue weighted by Gasteiger charge is 2.07. The fourth-order valence-electron chi connectivity index (χ4n) is 1.57. The molecule has 0 heterocycles. The second-order valence-corrected chi connectivity index (χ2v) is 3.77. The first-order chi connectivity index (χ1) is 7.19. The first-order valence-electron chi connectivity index (χ1n) is 5.29. The van der Waals surface area contributed by atoms with Crippen molar-refractivity contribution in [3.63, 3.8) is 0 Å². The molecule has 0 aliphatic rings. The summed E-state index contributed by atoms with van der Waals surface area (Å²) in [7, 11) is 1.68. The first kappa shape index (κ1) is 12.0. The van der Waals surface area contributed by atoms with Gasteiger partial charge in [-0.1, -0.05) is 12.1 Å². The summed E-state index contributed by atoms with van der Waals surface area (Å²) in [6.07, 6.45) is 1.88. The molecule has 0 aliphatic carbocycles. The number of hydrogen-bond donors (Lipinski definition) is 2. The normalized spacial score (nSPS) is 12.5. The predicted molar refractivity (Wildman–Crippen MR) is 62.9 cm³/mol. The zero-order chi connectivity index (χ0) is 11.3. The van der Waals surface area contributed by atoms with E-state index in [0.717, 1.165) is 29.7 Å². The Bertz CT molecular complexity index is 312. The maximum Gasteiger partial charge on any atom is 0.122 e. The van der Waals surface area contributed by atoms with Gasteiger partial charge in [0.15, 0.2) is 0 Å². The summed E-state index contributed by atoms with van der Waals surface area (Å²) in [5.41, 5.74) is 13.7. The van der Waals surface area contributed by atoms with Gasteiger partial charge in [0.2, 0.25) is 0 Å². The molecular formula is C12H20N2O. The molecule has 0 bridgehead atoms. The van der Waals surface area contributed by atoms with Crippen LogP contribution < -0.4 is 16.2 Å². The minimum Gasteiger partial charge on any atom is -0.496 e. The van der Waals surface area contributed by atoms with Crippen molar-refractivity contribution >= 4 is 0 Å². The molecule has 0 aliphatic heterocycles. The Labute approximate surface area is 91.4 Å². The number of hydrogen-bond acceptors (Lipinski definition) is 3. The molecular weight excluding hydrogens is 188 g/mol. The average molecular weight is 208 g/mol. The fraction of sp³-hybridized carbons (Fsp3) is 0.500. The quantitative estimate of drug-likeness (QED) is 0.774. The molecule has 1 rings (SSSR count). The Morgan fingerprint density at radius 3 is 2.73 bits per heavy atom. The average Bonchev–Trinajstić information content (AvgIpc) is 2.26. The van der Waals surface area contributed by atoms with Crippen LogP contribution >= 0.6 is 0 Å². The van der Waals surface area contributed by atoms with Crippen molar-refractivity contribution < 1.29 is 4.74 Å². The number of ether oxygens (including phenoxy) is 1. The zero-order valence-corrected chi connectivity index (χ0v) is 9.49. The molecule has 15 heavy (non-hydrogen) atoms. The molecule has 0 spiro atoms. The summed E-state index contributed by atoms with van der Waals surface area (Å²) in [6, 6.07) is 6.16. The van der Waals surface area contributed by atoms with Crippen LogP contribution in [0.15, 0.2) is 18.2 Å². The Morgan fingerprint density at radius 1 is 1.40 bits per heavy atom. The van der Waals surface area contributed by atoms with Crippen molar-refractivity contribution in [2.75, 3.05) is 13.7 Å². The highest BCUT2D eigenvalue weighted by Crippen LogP contribution is 2.23. The molecule has 0 saturated carbocycles. The number of nitrogens with two attached hydrogens (primary N) is 2. The molecule has 0 saturated heterocycles. The van der Waals surface area contributed by atoms with Gasteiger partial charge in [0, 0.05) is 6.04 Å². The number of methoxy groups -OCH3 is 1. The van der Waals surface area contributed by atoms with Crippen LogP contribution in [0.4, 0.5) is 0 Å². The highest BCUT2D eigenvalue weighted by molar-refractivity contribution is 5.37. The Balaban J connectivity index is 2.76.